The maximum atomic E-state index is 11.4. The van der Waals surface area contributed by atoms with E-state index >= 15 is 0 Å². The lowest BCUT2D eigenvalue weighted by atomic mass is 9.91. The Bertz CT molecular complexity index is 468. The lowest BCUT2D eigenvalue weighted by molar-refractivity contribution is -0.132. The first kappa shape index (κ1) is 12.7. The number of nitrogens with one attached hydrogen (secondary N) is 1. The summed E-state index contributed by atoms with van der Waals surface area (Å²) in [4.78, 5) is 11.2. The summed E-state index contributed by atoms with van der Waals surface area (Å²) in [6.07, 6.45) is 1.38. The quantitative estimate of drug-likeness (QED) is 0.678. The molecule has 0 radical (unpaired) electrons. The van der Waals surface area contributed by atoms with Crippen molar-refractivity contribution in [3.63, 3.8) is 0 Å². The van der Waals surface area contributed by atoms with Crippen molar-refractivity contribution in [1.82, 2.24) is 4.72 Å². The lowest BCUT2D eigenvalue weighted by Gasteiger charge is -2.25. The summed E-state index contributed by atoms with van der Waals surface area (Å²) in [7, 11) is -2.68. The van der Waals surface area contributed by atoms with Crippen molar-refractivity contribution in [2.45, 2.75) is 20.8 Å². The number of nitrogens with zero attached hydrogens (tertiary/aromatic N) is 1. The van der Waals surface area contributed by atoms with Crippen molar-refractivity contribution in [2.24, 2.45) is 9.81 Å². The average molecular weight is 246 g/mol. The second-order valence-electron chi connectivity index (χ2n) is 4.35. The maximum Gasteiger partial charge on any atom is 0.357 e. The van der Waals surface area contributed by atoms with Crippen LogP contribution in [0.1, 0.15) is 20.8 Å². The third kappa shape index (κ3) is 2.82. The Morgan fingerprint density at radius 1 is 1.44 bits per heavy atom. The van der Waals surface area contributed by atoms with Crippen LogP contribution in [0.3, 0.4) is 0 Å². The number of methoxy groups -OCH3 is 1. The molecule has 6 nitrogen and oxygen atoms in total. The van der Waals surface area contributed by atoms with Gasteiger partial charge in [-0.2, -0.15) is 8.42 Å². The van der Waals surface area contributed by atoms with Crippen LogP contribution in [-0.2, 0) is 19.7 Å². The van der Waals surface area contributed by atoms with Crippen LogP contribution in [0, 0.1) is 5.41 Å². The van der Waals surface area contributed by atoms with Crippen LogP contribution < -0.4 is 4.72 Å². The Morgan fingerprint density at radius 3 is 2.44 bits per heavy atom. The third-order valence-electron chi connectivity index (χ3n) is 1.94. The molecule has 0 atom stereocenters. The zero-order valence-electron chi connectivity index (χ0n) is 9.57. The SMILES string of the molecule is COC(=O)C1=NS(=O)(=O)NC(C(C)(C)C)=C1. The molecule has 1 aliphatic heterocycles. The molecule has 1 heterocycles. The smallest absolute Gasteiger partial charge is 0.357 e. The van der Waals surface area contributed by atoms with Gasteiger partial charge in [-0.25, -0.2) is 4.79 Å². The van der Waals surface area contributed by atoms with Crippen molar-refractivity contribution in [3.8, 4) is 0 Å². The Labute approximate surface area is 94.6 Å². The van der Waals surface area contributed by atoms with E-state index in [0.29, 0.717) is 5.70 Å². The van der Waals surface area contributed by atoms with E-state index in [0.717, 1.165) is 0 Å². The van der Waals surface area contributed by atoms with Crippen LogP contribution in [0.4, 0.5) is 0 Å². The predicted molar refractivity (Wildman–Crippen MR) is 59.0 cm³/mol. The highest BCUT2D eigenvalue weighted by Crippen LogP contribution is 2.25. The summed E-state index contributed by atoms with van der Waals surface area (Å²) < 4.78 is 32.8. The van der Waals surface area contributed by atoms with E-state index < -0.39 is 21.6 Å². The molecule has 0 unspecified atom stereocenters. The molecule has 1 aliphatic rings. The Kier molecular flexibility index (Phi) is 3.09. The van der Waals surface area contributed by atoms with Crippen LogP contribution in [0.5, 0.6) is 0 Å². The molecule has 0 aromatic rings. The number of ether oxygens (including phenoxy) is 1. The summed E-state index contributed by atoms with van der Waals surface area (Å²) in [5.74, 6) is -0.771. The lowest BCUT2D eigenvalue weighted by Crippen LogP contribution is -2.35. The van der Waals surface area contributed by atoms with Gasteiger partial charge in [0.1, 0.15) is 0 Å². The van der Waals surface area contributed by atoms with Gasteiger partial charge in [0, 0.05) is 11.1 Å². The zero-order chi connectivity index (χ0) is 12.6. The van der Waals surface area contributed by atoms with Gasteiger partial charge in [0.05, 0.1) is 7.11 Å². The molecule has 1 N–H and O–H groups in total. The summed E-state index contributed by atoms with van der Waals surface area (Å²) >= 11 is 0. The molecule has 16 heavy (non-hydrogen) atoms. The Morgan fingerprint density at radius 2 is 2.00 bits per heavy atom. The molecule has 0 spiro atoms. The van der Waals surface area contributed by atoms with Gasteiger partial charge < -0.3 is 4.74 Å². The Hall–Kier alpha value is -1.37. The molecule has 0 saturated carbocycles. The predicted octanol–water partition coefficient (Wildman–Crippen LogP) is 0.378. The molecule has 0 bridgehead atoms. The highest BCUT2D eigenvalue weighted by molar-refractivity contribution is 7.88. The molecule has 1 rings (SSSR count). The van der Waals surface area contributed by atoms with Gasteiger partial charge in [-0.3, -0.25) is 4.72 Å². The van der Waals surface area contributed by atoms with Crippen molar-refractivity contribution in [1.29, 1.82) is 0 Å². The van der Waals surface area contributed by atoms with Crippen molar-refractivity contribution in [3.05, 3.63) is 11.8 Å². The van der Waals surface area contributed by atoms with E-state index in [1.807, 2.05) is 20.8 Å². The first-order valence-corrected chi connectivity index (χ1v) is 6.03. The summed E-state index contributed by atoms with van der Waals surface area (Å²) in [5.41, 5.74) is -0.239. The number of carbonyl (C=O) groups excluding carboxylic acids is 1. The van der Waals surface area contributed by atoms with Gasteiger partial charge in [0.15, 0.2) is 5.71 Å². The van der Waals surface area contributed by atoms with Crippen molar-refractivity contribution in [2.75, 3.05) is 7.11 Å². The van der Waals surface area contributed by atoms with Crippen LogP contribution in [-0.4, -0.2) is 27.2 Å². The van der Waals surface area contributed by atoms with E-state index in [1.165, 1.54) is 13.2 Å². The van der Waals surface area contributed by atoms with E-state index in [9.17, 15) is 13.2 Å². The molecule has 0 aromatic carbocycles. The molecule has 0 amide bonds. The molecule has 7 heteroatoms. The molecule has 0 aromatic heterocycles. The van der Waals surface area contributed by atoms with E-state index in [2.05, 4.69) is 13.9 Å². The fraction of sp³-hybridized carbons (Fsp3) is 0.556. The number of carbonyl (C=O) groups is 1. The van der Waals surface area contributed by atoms with Gasteiger partial charge in [-0.1, -0.05) is 20.8 Å². The summed E-state index contributed by atoms with van der Waals surface area (Å²) in [5, 5.41) is 0. The third-order valence-corrected chi connectivity index (χ3v) is 2.86. The number of rotatable bonds is 1. The van der Waals surface area contributed by atoms with Gasteiger partial charge in [-0.15, -0.1) is 4.40 Å². The molecule has 90 valence electrons. The standard InChI is InChI=1S/C9H14N2O4S/c1-9(2,3)7-5-6(8(12)15-4)10-16(13,14)11-7/h5,11H,1-4H3. The average Bonchev–Trinajstić information content (AvgIpc) is 2.12. The molecule has 0 saturated heterocycles. The van der Waals surface area contributed by atoms with Crippen molar-refractivity contribution >= 4 is 21.9 Å². The first-order chi connectivity index (χ1) is 7.15. The Balaban J connectivity index is 3.24. The number of hydrogen-bond donors (Lipinski definition) is 1. The number of esters is 1. The van der Waals surface area contributed by atoms with Gasteiger partial charge in [0.25, 0.3) is 0 Å². The normalized spacial score (nSPS) is 19.2. The highest BCUT2D eigenvalue weighted by atomic mass is 32.2. The molecular formula is C9H14N2O4S. The summed E-state index contributed by atoms with van der Waals surface area (Å²) in [6.45, 7) is 5.46. The monoisotopic (exact) mass is 246 g/mol. The van der Waals surface area contributed by atoms with Crippen molar-refractivity contribution < 1.29 is 17.9 Å². The largest absolute Gasteiger partial charge is 0.464 e. The number of allylic oxidation sites excluding steroid dienone is 1. The maximum absolute atomic E-state index is 11.4. The van der Waals surface area contributed by atoms with Crippen LogP contribution in [0.15, 0.2) is 16.2 Å². The highest BCUT2D eigenvalue weighted by Gasteiger charge is 2.28. The number of hydrogen-bond acceptors (Lipinski definition) is 4. The van der Waals surface area contributed by atoms with Crippen LogP contribution in [0.25, 0.3) is 0 Å². The van der Waals surface area contributed by atoms with E-state index in [1.54, 1.807) is 0 Å². The minimum Gasteiger partial charge on any atom is -0.464 e. The molecular weight excluding hydrogens is 232 g/mol. The van der Waals surface area contributed by atoms with Gasteiger partial charge >= 0.3 is 16.2 Å². The second kappa shape index (κ2) is 3.89. The first-order valence-electron chi connectivity index (χ1n) is 4.59. The molecule has 0 aliphatic carbocycles. The topological polar surface area (TPSA) is 84.8 Å². The fourth-order valence-electron chi connectivity index (χ4n) is 1.05. The van der Waals surface area contributed by atoms with E-state index in [-0.39, 0.29) is 5.71 Å². The zero-order valence-corrected chi connectivity index (χ0v) is 10.4. The minimum atomic E-state index is -3.85. The second-order valence-corrected chi connectivity index (χ2v) is 5.69. The summed E-state index contributed by atoms with van der Waals surface area (Å²) in [6, 6.07) is 0. The van der Waals surface area contributed by atoms with Gasteiger partial charge in [-0.05, 0) is 6.08 Å². The minimum absolute atomic E-state index is 0.217. The van der Waals surface area contributed by atoms with Crippen LogP contribution >= 0.6 is 0 Å². The fourth-order valence-corrected chi connectivity index (χ4v) is 2.13. The van der Waals surface area contributed by atoms with Gasteiger partial charge in [0.2, 0.25) is 0 Å². The molecule has 0 fully saturated rings. The van der Waals surface area contributed by atoms with Crippen LogP contribution in [0.2, 0.25) is 0 Å². The van der Waals surface area contributed by atoms with E-state index in [4.69, 9.17) is 0 Å².